The number of fused-ring (bicyclic) bond motifs is 10. The molecule has 0 unspecified atom stereocenters. The minimum atomic E-state index is 0.00880. The van der Waals surface area contributed by atoms with Gasteiger partial charge < -0.3 is 0 Å². The molecule has 0 spiro atoms. The lowest BCUT2D eigenvalue weighted by Gasteiger charge is -2.34. The van der Waals surface area contributed by atoms with E-state index < -0.39 is 0 Å². The van der Waals surface area contributed by atoms with Gasteiger partial charge in [0, 0.05) is 0 Å². The van der Waals surface area contributed by atoms with Gasteiger partial charge in [-0.15, -0.1) is 0 Å². The van der Waals surface area contributed by atoms with Crippen LogP contribution in [0.1, 0.15) is 22.3 Å². The third-order valence-electron chi connectivity index (χ3n) is 21.6. The molecular formula is C92H60B2. The van der Waals surface area contributed by atoms with Gasteiger partial charge in [0.2, 0.25) is 13.4 Å². The fraction of sp³-hybridized carbons (Fsp3) is 0.0435. The summed E-state index contributed by atoms with van der Waals surface area (Å²) in [6.07, 6.45) is 0. The van der Waals surface area contributed by atoms with E-state index in [1.54, 1.807) is 0 Å². The fourth-order valence-electron chi connectivity index (χ4n) is 17.8. The lowest BCUT2D eigenvalue weighted by molar-refractivity contribution is 1.46. The van der Waals surface area contributed by atoms with Gasteiger partial charge in [-0.25, -0.2) is 0 Å². The Hall–Kier alpha value is -11.3. The van der Waals surface area contributed by atoms with Crippen LogP contribution < -0.4 is 32.8 Å². The van der Waals surface area contributed by atoms with Gasteiger partial charge >= 0.3 is 0 Å². The molecule has 0 aliphatic carbocycles. The third-order valence-corrected chi connectivity index (χ3v) is 21.6. The first-order valence-corrected chi connectivity index (χ1v) is 33.4. The van der Waals surface area contributed by atoms with Crippen molar-refractivity contribution in [2.75, 3.05) is 0 Å². The lowest BCUT2D eigenvalue weighted by atomic mass is 9.34. The Morgan fingerprint density at radius 2 is 0.468 bits per heavy atom. The predicted octanol–water partition coefficient (Wildman–Crippen LogP) is 20.1. The molecule has 4 aliphatic heterocycles. The van der Waals surface area contributed by atoms with Crippen molar-refractivity contribution in [1.82, 2.24) is 0 Å². The van der Waals surface area contributed by atoms with Crippen LogP contribution in [0.25, 0.3) is 166 Å². The Labute approximate surface area is 549 Å². The Bertz CT molecular complexity index is 5420. The van der Waals surface area contributed by atoms with Crippen molar-refractivity contribution >= 4 is 78.5 Å². The van der Waals surface area contributed by atoms with Crippen LogP contribution in [0.2, 0.25) is 0 Å². The van der Waals surface area contributed by atoms with E-state index in [-0.39, 0.29) is 13.4 Å². The maximum absolute atomic E-state index is 2.73. The van der Waals surface area contributed by atoms with E-state index in [0.29, 0.717) is 0 Å². The summed E-state index contributed by atoms with van der Waals surface area (Å²) < 4.78 is 0. The summed E-state index contributed by atoms with van der Waals surface area (Å²) in [6, 6.07) is 112. The SMILES string of the molecule is Cc1ccc2c(c1)-c1cc(C)cc3c1B2c1cc2c(-c4c(-c5ccccc5)cc(-c5ccccc5)cc4-c4ccccc4)cc4c5c(cc6c(-c7c(-c8ccccc8)cc(-c8ccccc8)cc7-c7ccccc7)cc-3c1c6c25)B1c2ccc(C)cc2-c2cc(C)cc-4c21. The van der Waals surface area contributed by atoms with Gasteiger partial charge in [-0.2, -0.15) is 0 Å². The van der Waals surface area contributed by atoms with Gasteiger partial charge in [0.25, 0.3) is 0 Å². The van der Waals surface area contributed by atoms with Crippen LogP contribution in [0, 0.1) is 27.7 Å². The van der Waals surface area contributed by atoms with Crippen LogP contribution in [-0.4, -0.2) is 13.4 Å². The summed E-state index contributed by atoms with van der Waals surface area (Å²) in [6.45, 7) is 9.18. The van der Waals surface area contributed by atoms with Crippen LogP contribution in [0.5, 0.6) is 0 Å². The van der Waals surface area contributed by atoms with Crippen molar-refractivity contribution in [3.05, 3.63) is 313 Å². The molecule has 0 saturated carbocycles. The van der Waals surface area contributed by atoms with Crippen LogP contribution in [0.3, 0.4) is 0 Å². The first-order chi connectivity index (χ1) is 46.3. The number of rotatable bonds is 8. The lowest BCUT2D eigenvalue weighted by Crippen LogP contribution is -2.53. The van der Waals surface area contributed by atoms with E-state index in [2.05, 4.69) is 319 Å². The van der Waals surface area contributed by atoms with Crippen LogP contribution >= 0.6 is 0 Å². The second kappa shape index (κ2) is 20.1. The monoisotopic (exact) mass is 1190 g/mol. The quantitative estimate of drug-likeness (QED) is 0.105. The highest BCUT2D eigenvalue weighted by atomic mass is 14.4. The van der Waals surface area contributed by atoms with Gasteiger partial charge in [-0.3, -0.25) is 0 Å². The van der Waals surface area contributed by atoms with Crippen LogP contribution in [-0.2, 0) is 0 Å². The molecule has 0 atom stereocenters. The molecule has 16 aromatic carbocycles. The molecular weight excluding hydrogens is 1130 g/mol. The summed E-state index contributed by atoms with van der Waals surface area (Å²) in [5.41, 5.74) is 43.6. The number of hydrogen-bond donors (Lipinski definition) is 0. The Balaban J connectivity index is 1.05. The average molecular weight is 1190 g/mol. The summed E-state index contributed by atoms with van der Waals surface area (Å²) >= 11 is 0. The fourth-order valence-corrected chi connectivity index (χ4v) is 17.8. The molecule has 0 N–H and O–H groups in total. The molecule has 0 nitrogen and oxygen atoms in total. The summed E-state index contributed by atoms with van der Waals surface area (Å²) in [4.78, 5) is 0. The molecule has 20 rings (SSSR count). The number of benzene rings is 16. The predicted molar refractivity (Wildman–Crippen MR) is 404 cm³/mol. The van der Waals surface area contributed by atoms with E-state index in [9.17, 15) is 0 Å². The van der Waals surface area contributed by atoms with Crippen molar-refractivity contribution in [2.24, 2.45) is 0 Å². The largest absolute Gasteiger partial charge is 0.244 e. The van der Waals surface area contributed by atoms with Gasteiger partial charge in [0.15, 0.2) is 0 Å². The summed E-state index contributed by atoms with van der Waals surface area (Å²) in [5.74, 6) is 0. The zero-order valence-electron chi connectivity index (χ0n) is 52.9. The molecule has 16 aromatic rings. The van der Waals surface area contributed by atoms with E-state index in [1.165, 1.54) is 221 Å². The van der Waals surface area contributed by atoms with Crippen LogP contribution in [0.15, 0.2) is 291 Å². The maximum Gasteiger partial charge on any atom is 0.244 e. The molecule has 434 valence electrons. The minimum Gasteiger partial charge on any atom is -0.0661 e. The molecule has 4 aliphatic rings. The molecule has 94 heavy (non-hydrogen) atoms. The standard InChI is InChI=1S/C92H60B2/c1-53-35-37-81-69(39-53)77-41-55(3)43-79-73-49-71(85-65(59-27-15-7-16-28-59)45-63(57-23-11-5-12-24-57)46-66(85)60-29-17-8-18-30-60)76-52-84-88-74(80-44-56(4)42-78-70-40-54(2)36-38-82(70)94(84)92(78)80)50-72(75-51-83(93(81)91(77)79)87(73)89(76)90(75)88)86-67(61-31-19-9-20-32-61)47-64(58-25-13-6-14-26-58)48-68(86)62-33-21-10-22-34-62/h5-52H,1-4H3. The van der Waals surface area contributed by atoms with Gasteiger partial charge in [0.05, 0.1) is 0 Å². The van der Waals surface area contributed by atoms with Crippen molar-refractivity contribution in [3.63, 3.8) is 0 Å². The smallest absolute Gasteiger partial charge is 0.0661 e. The van der Waals surface area contributed by atoms with Gasteiger partial charge in [-0.1, -0.05) is 299 Å². The zero-order valence-corrected chi connectivity index (χ0v) is 52.9. The Morgan fingerprint density at radius 3 is 0.787 bits per heavy atom. The highest BCUT2D eigenvalue weighted by molar-refractivity contribution is 7.03. The highest BCUT2D eigenvalue weighted by Crippen LogP contribution is 2.56. The molecule has 2 heteroatoms. The van der Waals surface area contributed by atoms with E-state index in [0.717, 1.165) is 0 Å². The van der Waals surface area contributed by atoms with Crippen molar-refractivity contribution in [3.8, 4) is 134 Å². The third kappa shape index (κ3) is 7.66. The van der Waals surface area contributed by atoms with Crippen molar-refractivity contribution in [1.29, 1.82) is 0 Å². The maximum atomic E-state index is 2.73. The molecule has 0 bridgehead atoms. The Morgan fingerprint density at radius 1 is 0.181 bits per heavy atom. The summed E-state index contributed by atoms with van der Waals surface area (Å²) in [7, 11) is 0. The summed E-state index contributed by atoms with van der Waals surface area (Å²) in [5, 5.41) is 8.03. The van der Waals surface area contributed by atoms with Crippen molar-refractivity contribution in [2.45, 2.75) is 27.7 Å². The zero-order chi connectivity index (χ0) is 62.2. The molecule has 0 radical (unpaired) electrons. The highest BCUT2D eigenvalue weighted by Gasteiger charge is 2.45. The molecule has 0 fully saturated rings. The van der Waals surface area contributed by atoms with E-state index in [4.69, 9.17) is 0 Å². The first kappa shape index (κ1) is 53.4. The second-order valence-corrected chi connectivity index (χ2v) is 27.2. The molecule has 0 saturated heterocycles. The topological polar surface area (TPSA) is 0 Å². The molecule has 0 amide bonds. The first-order valence-electron chi connectivity index (χ1n) is 33.4. The average Bonchev–Trinajstić information content (AvgIpc) is 1.17. The Kier molecular flexibility index (Phi) is 11.4. The molecule has 4 heterocycles. The normalized spacial score (nSPS) is 12.6. The van der Waals surface area contributed by atoms with Crippen molar-refractivity contribution < 1.29 is 0 Å². The second-order valence-electron chi connectivity index (χ2n) is 27.2. The minimum absolute atomic E-state index is 0.00880. The number of hydrogen-bond acceptors (Lipinski definition) is 0. The molecule has 0 aromatic heterocycles. The van der Waals surface area contributed by atoms with E-state index in [1.807, 2.05) is 0 Å². The van der Waals surface area contributed by atoms with Gasteiger partial charge in [0.1, 0.15) is 0 Å². The van der Waals surface area contributed by atoms with Gasteiger partial charge in [-0.05, 0) is 241 Å². The van der Waals surface area contributed by atoms with E-state index >= 15 is 0 Å². The number of aryl methyl sites for hydroxylation is 4. The van der Waals surface area contributed by atoms with Crippen LogP contribution in [0.4, 0.5) is 0 Å².